The van der Waals surface area contributed by atoms with E-state index in [4.69, 9.17) is 10.8 Å². The number of carboxylic acids is 1. The zero-order chi connectivity index (χ0) is 14.6. The largest absolute Gasteiger partial charge is 0.481 e. The highest BCUT2D eigenvalue weighted by Crippen LogP contribution is 2.15. The maximum atomic E-state index is 12.0. The van der Waals surface area contributed by atoms with Crippen molar-refractivity contribution in [2.45, 2.75) is 18.2 Å². The van der Waals surface area contributed by atoms with Crippen molar-refractivity contribution >= 4 is 21.7 Å². The van der Waals surface area contributed by atoms with Crippen LogP contribution in [-0.2, 0) is 25.8 Å². The van der Waals surface area contributed by atoms with Gasteiger partial charge in [-0.15, -0.1) is 0 Å². The molecule has 1 atom stereocenters. The van der Waals surface area contributed by atoms with Crippen LogP contribution in [0, 0.1) is 5.92 Å². The molecule has 1 rings (SSSR count). The second-order valence-electron chi connectivity index (χ2n) is 4.30. The van der Waals surface area contributed by atoms with E-state index >= 15 is 0 Å². The van der Waals surface area contributed by atoms with Gasteiger partial charge in [-0.2, -0.15) is 0 Å². The van der Waals surface area contributed by atoms with Gasteiger partial charge in [0.1, 0.15) is 0 Å². The van der Waals surface area contributed by atoms with Gasteiger partial charge in [-0.1, -0.05) is 19.1 Å². The maximum Gasteiger partial charge on any atom is 0.307 e. The van der Waals surface area contributed by atoms with Crippen LogP contribution in [0.2, 0.25) is 0 Å². The topological polar surface area (TPSA) is 115 Å². The summed E-state index contributed by atoms with van der Waals surface area (Å²) < 4.78 is 23.9. The molecule has 0 radical (unpaired) electrons. The predicted octanol–water partition coefficient (Wildman–Crippen LogP) is 0.209. The molecule has 19 heavy (non-hydrogen) atoms. The molecule has 0 aliphatic carbocycles. The number of benzene rings is 1. The third-order valence-corrected chi connectivity index (χ3v) is 4.52. The molecule has 1 amide bonds. The Morgan fingerprint density at radius 3 is 2.21 bits per heavy atom. The highest BCUT2D eigenvalue weighted by molar-refractivity contribution is 7.91. The number of sulfone groups is 1. The van der Waals surface area contributed by atoms with Gasteiger partial charge in [-0.25, -0.2) is 8.42 Å². The molecule has 7 heteroatoms. The number of carboxylic acid groups (broad SMARTS) is 1. The highest BCUT2D eigenvalue weighted by Gasteiger charge is 2.21. The van der Waals surface area contributed by atoms with E-state index in [2.05, 4.69) is 0 Å². The lowest BCUT2D eigenvalue weighted by Crippen LogP contribution is -2.27. The number of aliphatic carboxylic acids is 1. The number of primary amides is 1. The number of amides is 1. The lowest BCUT2D eigenvalue weighted by Gasteiger charge is -2.09. The van der Waals surface area contributed by atoms with Crippen LogP contribution in [0.4, 0.5) is 0 Å². The Labute approximate surface area is 111 Å². The summed E-state index contributed by atoms with van der Waals surface area (Å²) in [5.41, 5.74) is 5.54. The van der Waals surface area contributed by atoms with Crippen molar-refractivity contribution in [3.8, 4) is 0 Å². The van der Waals surface area contributed by atoms with E-state index in [1.165, 1.54) is 31.2 Å². The van der Waals surface area contributed by atoms with E-state index in [0.717, 1.165) is 0 Å². The summed E-state index contributed by atoms with van der Waals surface area (Å²) in [6.45, 7) is 1.44. The molecular weight excluding hydrogens is 270 g/mol. The molecule has 1 aromatic rings. The van der Waals surface area contributed by atoms with Crippen LogP contribution in [0.3, 0.4) is 0 Å². The first kappa shape index (κ1) is 15.2. The van der Waals surface area contributed by atoms with Crippen molar-refractivity contribution in [2.24, 2.45) is 11.7 Å². The van der Waals surface area contributed by atoms with E-state index in [9.17, 15) is 18.0 Å². The monoisotopic (exact) mass is 285 g/mol. The van der Waals surface area contributed by atoms with Gasteiger partial charge in [0.25, 0.3) is 0 Å². The van der Waals surface area contributed by atoms with Crippen LogP contribution in [0.5, 0.6) is 0 Å². The maximum absolute atomic E-state index is 12.0. The van der Waals surface area contributed by atoms with Crippen LogP contribution in [-0.4, -0.2) is 31.2 Å². The molecule has 0 heterocycles. The minimum atomic E-state index is -3.60. The standard InChI is InChI=1S/C12H15NO5S/c1-8(12(13)16)7-19(17,18)10-4-2-9(3-5-10)6-11(14)15/h2-5,8H,6-7H2,1H3,(H2,13,16)(H,14,15). The van der Waals surface area contributed by atoms with Gasteiger partial charge in [-0.05, 0) is 17.7 Å². The minimum Gasteiger partial charge on any atom is -0.481 e. The summed E-state index contributed by atoms with van der Waals surface area (Å²) in [6, 6.07) is 5.55. The SMILES string of the molecule is CC(CS(=O)(=O)c1ccc(CC(=O)O)cc1)C(N)=O. The number of hydrogen-bond acceptors (Lipinski definition) is 4. The van der Waals surface area contributed by atoms with Gasteiger partial charge in [0.15, 0.2) is 9.84 Å². The van der Waals surface area contributed by atoms with Gasteiger partial charge in [0.05, 0.1) is 17.1 Å². The molecule has 104 valence electrons. The van der Waals surface area contributed by atoms with E-state index in [1.54, 1.807) is 0 Å². The molecule has 0 aliphatic heterocycles. The average molecular weight is 285 g/mol. The Hall–Kier alpha value is -1.89. The number of rotatable bonds is 6. The second kappa shape index (κ2) is 5.83. The Morgan fingerprint density at radius 1 is 1.26 bits per heavy atom. The summed E-state index contributed by atoms with van der Waals surface area (Å²) in [5.74, 6) is -2.80. The summed E-state index contributed by atoms with van der Waals surface area (Å²) in [7, 11) is -3.60. The van der Waals surface area contributed by atoms with Crippen molar-refractivity contribution in [3.05, 3.63) is 29.8 Å². The van der Waals surface area contributed by atoms with E-state index in [-0.39, 0.29) is 17.1 Å². The molecule has 0 fully saturated rings. The van der Waals surface area contributed by atoms with Crippen molar-refractivity contribution in [2.75, 3.05) is 5.75 Å². The second-order valence-corrected chi connectivity index (χ2v) is 6.33. The normalized spacial score (nSPS) is 12.9. The quantitative estimate of drug-likeness (QED) is 0.775. The molecule has 0 saturated heterocycles. The van der Waals surface area contributed by atoms with E-state index < -0.39 is 27.6 Å². The summed E-state index contributed by atoms with van der Waals surface area (Å²) >= 11 is 0. The smallest absolute Gasteiger partial charge is 0.307 e. The molecule has 1 aromatic carbocycles. The van der Waals surface area contributed by atoms with Gasteiger partial charge in [0.2, 0.25) is 5.91 Å². The fourth-order valence-electron chi connectivity index (χ4n) is 1.50. The fourth-order valence-corrected chi connectivity index (χ4v) is 3.06. The molecule has 0 saturated carbocycles. The Kier molecular flexibility index (Phi) is 4.66. The van der Waals surface area contributed by atoms with Gasteiger partial charge in [0, 0.05) is 5.92 Å². The number of carbonyl (C=O) groups is 2. The first-order valence-corrected chi connectivity index (χ1v) is 7.20. The highest BCUT2D eigenvalue weighted by atomic mass is 32.2. The molecule has 0 aromatic heterocycles. The van der Waals surface area contributed by atoms with Crippen molar-refractivity contribution in [1.29, 1.82) is 0 Å². The Bertz CT molecular complexity index is 577. The number of nitrogens with two attached hydrogens (primary N) is 1. The zero-order valence-corrected chi connectivity index (χ0v) is 11.2. The zero-order valence-electron chi connectivity index (χ0n) is 10.4. The van der Waals surface area contributed by atoms with Crippen LogP contribution in [0.25, 0.3) is 0 Å². The van der Waals surface area contributed by atoms with Crippen molar-refractivity contribution in [3.63, 3.8) is 0 Å². The van der Waals surface area contributed by atoms with E-state index in [0.29, 0.717) is 5.56 Å². The van der Waals surface area contributed by atoms with Crippen molar-refractivity contribution in [1.82, 2.24) is 0 Å². The van der Waals surface area contributed by atoms with Crippen LogP contribution < -0.4 is 5.73 Å². The summed E-state index contributed by atoms with van der Waals surface area (Å²) in [6.07, 6.45) is -0.169. The third kappa shape index (κ3) is 4.36. The predicted molar refractivity (Wildman–Crippen MR) is 68.2 cm³/mol. The number of carbonyl (C=O) groups excluding carboxylic acids is 1. The molecule has 0 spiro atoms. The third-order valence-electron chi connectivity index (χ3n) is 2.59. The summed E-state index contributed by atoms with van der Waals surface area (Å²) in [4.78, 5) is 21.4. The first-order valence-electron chi connectivity index (χ1n) is 5.55. The van der Waals surface area contributed by atoms with Gasteiger partial charge >= 0.3 is 5.97 Å². The number of hydrogen-bond donors (Lipinski definition) is 2. The van der Waals surface area contributed by atoms with Gasteiger partial charge < -0.3 is 10.8 Å². The first-order chi connectivity index (χ1) is 8.72. The Morgan fingerprint density at radius 2 is 1.79 bits per heavy atom. The fraction of sp³-hybridized carbons (Fsp3) is 0.333. The van der Waals surface area contributed by atoms with Crippen LogP contribution >= 0.6 is 0 Å². The molecule has 0 aliphatic rings. The molecule has 0 bridgehead atoms. The minimum absolute atomic E-state index is 0.0507. The average Bonchev–Trinajstić information content (AvgIpc) is 2.28. The lowest BCUT2D eigenvalue weighted by molar-refractivity contribution is -0.136. The van der Waals surface area contributed by atoms with Gasteiger partial charge in [-0.3, -0.25) is 9.59 Å². The summed E-state index contributed by atoms with van der Waals surface area (Å²) in [5, 5.41) is 8.61. The molecular formula is C12H15NO5S. The molecule has 6 nitrogen and oxygen atoms in total. The van der Waals surface area contributed by atoms with Crippen LogP contribution in [0.15, 0.2) is 29.2 Å². The van der Waals surface area contributed by atoms with Crippen LogP contribution in [0.1, 0.15) is 12.5 Å². The molecule has 3 N–H and O–H groups in total. The van der Waals surface area contributed by atoms with E-state index in [1.807, 2.05) is 0 Å². The Balaban J connectivity index is 2.90. The molecule has 1 unspecified atom stereocenters. The lowest BCUT2D eigenvalue weighted by atomic mass is 10.2. The van der Waals surface area contributed by atoms with Crippen molar-refractivity contribution < 1.29 is 23.1 Å².